The zero-order chi connectivity index (χ0) is 14.8. The Morgan fingerprint density at radius 3 is 2.86 bits per heavy atom. The molecule has 0 bridgehead atoms. The summed E-state index contributed by atoms with van der Waals surface area (Å²) in [5.74, 6) is -0.114. The zero-order valence-electron chi connectivity index (χ0n) is 11.4. The second-order valence-electron chi connectivity index (χ2n) is 5.00. The topological polar surface area (TPSA) is 84.6 Å². The normalized spacial score (nSPS) is 16.1. The van der Waals surface area contributed by atoms with Gasteiger partial charge in [0.25, 0.3) is 0 Å². The smallest absolute Gasteiger partial charge is 0.337 e. The molecule has 0 saturated heterocycles. The van der Waals surface area contributed by atoms with Crippen molar-refractivity contribution in [3.8, 4) is 5.75 Å². The molecule has 1 unspecified atom stereocenters. The summed E-state index contributed by atoms with van der Waals surface area (Å²) in [7, 11) is 0. The minimum Gasteiger partial charge on any atom is -0.488 e. The fourth-order valence-electron chi connectivity index (χ4n) is 2.50. The molecule has 0 fully saturated rings. The standard InChI is InChI=1S/C16H16N2O3/c17-15-12(16(19)20)5-3-6-13(15)18-9-11-8-10-4-1-2-7-14(10)21-11/h1-7,11,18H,8-9,17H2,(H,19,20). The lowest BCUT2D eigenvalue weighted by Crippen LogP contribution is -2.24. The Bertz CT molecular complexity index is 660. The average Bonchev–Trinajstić information content (AvgIpc) is 2.88. The maximum Gasteiger partial charge on any atom is 0.337 e. The Kier molecular flexibility index (Phi) is 3.39. The van der Waals surface area contributed by atoms with Gasteiger partial charge < -0.3 is 20.9 Å². The van der Waals surface area contributed by atoms with Gasteiger partial charge in [-0.15, -0.1) is 0 Å². The quantitative estimate of drug-likeness (QED) is 0.751. The highest BCUT2D eigenvalue weighted by molar-refractivity contribution is 5.97. The van der Waals surface area contributed by atoms with Crippen LogP contribution in [0.5, 0.6) is 5.75 Å². The van der Waals surface area contributed by atoms with E-state index in [1.165, 1.54) is 11.6 Å². The fourth-order valence-corrected chi connectivity index (χ4v) is 2.50. The van der Waals surface area contributed by atoms with E-state index in [1.54, 1.807) is 12.1 Å². The Labute approximate surface area is 122 Å². The number of nitrogens with two attached hydrogens (primary N) is 1. The van der Waals surface area contributed by atoms with Gasteiger partial charge in [-0.1, -0.05) is 24.3 Å². The molecule has 1 aliphatic rings. The molecular formula is C16H16N2O3. The number of carbonyl (C=O) groups is 1. The first kappa shape index (κ1) is 13.3. The number of anilines is 2. The molecule has 21 heavy (non-hydrogen) atoms. The van der Waals surface area contributed by atoms with Crippen molar-refractivity contribution < 1.29 is 14.6 Å². The van der Waals surface area contributed by atoms with Crippen molar-refractivity contribution in [3.05, 3.63) is 53.6 Å². The highest BCUT2D eigenvalue weighted by atomic mass is 16.5. The van der Waals surface area contributed by atoms with Crippen LogP contribution >= 0.6 is 0 Å². The molecule has 5 nitrogen and oxygen atoms in total. The van der Waals surface area contributed by atoms with E-state index in [0.717, 1.165) is 12.2 Å². The molecule has 5 heteroatoms. The first-order valence-corrected chi connectivity index (χ1v) is 6.75. The number of nitrogen functional groups attached to an aromatic ring is 1. The summed E-state index contributed by atoms with van der Waals surface area (Å²) in [4.78, 5) is 11.1. The number of benzene rings is 2. The molecule has 1 heterocycles. The number of hydrogen-bond acceptors (Lipinski definition) is 4. The minimum absolute atomic E-state index is 0.0234. The van der Waals surface area contributed by atoms with Gasteiger partial charge in [-0.25, -0.2) is 4.79 Å². The summed E-state index contributed by atoms with van der Waals surface area (Å²) in [6.07, 6.45) is 0.858. The van der Waals surface area contributed by atoms with Crippen LogP contribution in [0.15, 0.2) is 42.5 Å². The molecule has 3 rings (SSSR count). The molecule has 0 amide bonds. The van der Waals surface area contributed by atoms with Crippen LogP contribution in [0, 0.1) is 0 Å². The summed E-state index contributed by atoms with van der Waals surface area (Å²) in [5, 5.41) is 12.2. The lowest BCUT2D eigenvalue weighted by molar-refractivity contribution is 0.0698. The molecule has 0 spiro atoms. The van der Waals surface area contributed by atoms with Crippen LogP contribution in [0.25, 0.3) is 0 Å². The van der Waals surface area contributed by atoms with Crippen molar-refractivity contribution in [1.82, 2.24) is 0 Å². The molecule has 108 valence electrons. The number of carboxylic acid groups (broad SMARTS) is 1. The van der Waals surface area contributed by atoms with Crippen molar-refractivity contribution in [2.24, 2.45) is 0 Å². The van der Waals surface area contributed by atoms with Crippen LogP contribution in [-0.4, -0.2) is 23.7 Å². The van der Waals surface area contributed by atoms with Gasteiger partial charge in [-0.05, 0) is 23.8 Å². The van der Waals surface area contributed by atoms with Gasteiger partial charge in [-0.2, -0.15) is 0 Å². The van der Waals surface area contributed by atoms with E-state index in [0.29, 0.717) is 12.2 Å². The number of rotatable bonds is 4. The van der Waals surface area contributed by atoms with Crippen molar-refractivity contribution in [3.63, 3.8) is 0 Å². The second-order valence-corrected chi connectivity index (χ2v) is 5.00. The number of ether oxygens (including phenoxy) is 1. The molecule has 0 aromatic heterocycles. The summed E-state index contributed by atoms with van der Waals surface area (Å²) >= 11 is 0. The zero-order valence-corrected chi connectivity index (χ0v) is 11.4. The summed E-state index contributed by atoms with van der Waals surface area (Å²) in [6, 6.07) is 12.9. The Hall–Kier alpha value is -2.69. The van der Waals surface area contributed by atoms with Gasteiger partial charge in [0, 0.05) is 6.42 Å². The van der Waals surface area contributed by atoms with Gasteiger partial charge >= 0.3 is 5.97 Å². The summed E-state index contributed by atoms with van der Waals surface area (Å²) < 4.78 is 5.83. The number of fused-ring (bicyclic) bond motifs is 1. The molecule has 0 radical (unpaired) electrons. The highest BCUT2D eigenvalue weighted by Gasteiger charge is 2.22. The van der Waals surface area contributed by atoms with E-state index in [2.05, 4.69) is 11.4 Å². The van der Waals surface area contributed by atoms with Gasteiger partial charge in [0.05, 0.1) is 23.5 Å². The van der Waals surface area contributed by atoms with Crippen LogP contribution in [0.1, 0.15) is 15.9 Å². The fraction of sp³-hybridized carbons (Fsp3) is 0.188. The molecule has 2 aromatic rings. The molecule has 4 N–H and O–H groups in total. The van der Waals surface area contributed by atoms with Crippen molar-refractivity contribution in [2.45, 2.75) is 12.5 Å². The summed E-state index contributed by atoms with van der Waals surface area (Å²) in [6.45, 7) is 0.571. The predicted octanol–water partition coefficient (Wildman–Crippen LogP) is 2.38. The van der Waals surface area contributed by atoms with E-state index < -0.39 is 5.97 Å². The molecular weight excluding hydrogens is 268 g/mol. The van der Waals surface area contributed by atoms with Crippen LogP contribution in [0.3, 0.4) is 0 Å². The lowest BCUT2D eigenvalue weighted by atomic mass is 10.1. The van der Waals surface area contributed by atoms with E-state index in [4.69, 9.17) is 15.6 Å². The van der Waals surface area contributed by atoms with Crippen LogP contribution < -0.4 is 15.8 Å². The van der Waals surface area contributed by atoms with E-state index in [1.807, 2.05) is 18.2 Å². The van der Waals surface area contributed by atoms with Gasteiger partial charge in [0.2, 0.25) is 0 Å². The molecule has 2 aromatic carbocycles. The third kappa shape index (κ3) is 2.63. The van der Waals surface area contributed by atoms with Crippen molar-refractivity contribution in [2.75, 3.05) is 17.6 Å². The lowest BCUT2D eigenvalue weighted by Gasteiger charge is -2.15. The third-order valence-electron chi connectivity index (χ3n) is 3.57. The predicted molar refractivity (Wildman–Crippen MR) is 80.9 cm³/mol. The average molecular weight is 284 g/mol. The van der Waals surface area contributed by atoms with Crippen molar-refractivity contribution >= 4 is 17.3 Å². The number of para-hydroxylation sites is 2. The number of carboxylic acids is 1. The Morgan fingerprint density at radius 1 is 1.29 bits per heavy atom. The number of nitrogens with one attached hydrogen (secondary N) is 1. The van der Waals surface area contributed by atoms with Gasteiger partial charge in [-0.3, -0.25) is 0 Å². The largest absolute Gasteiger partial charge is 0.488 e. The Balaban J connectivity index is 1.67. The van der Waals surface area contributed by atoms with Gasteiger partial charge in [0.1, 0.15) is 11.9 Å². The Morgan fingerprint density at radius 2 is 2.10 bits per heavy atom. The number of aromatic carboxylic acids is 1. The maximum atomic E-state index is 11.1. The third-order valence-corrected chi connectivity index (χ3v) is 3.57. The second kappa shape index (κ2) is 5.36. The molecule has 0 aliphatic carbocycles. The van der Waals surface area contributed by atoms with Crippen LogP contribution in [0.4, 0.5) is 11.4 Å². The highest BCUT2D eigenvalue weighted by Crippen LogP contribution is 2.29. The van der Waals surface area contributed by atoms with E-state index >= 15 is 0 Å². The molecule has 0 saturated carbocycles. The van der Waals surface area contributed by atoms with Gasteiger partial charge in [0.15, 0.2) is 0 Å². The minimum atomic E-state index is -1.03. The summed E-state index contributed by atoms with van der Waals surface area (Å²) in [5.41, 5.74) is 8.04. The molecule has 1 aliphatic heterocycles. The monoisotopic (exact) mass is 284 g/mol. The first-order chi connectivity index (χ1) is 10.1. The van der Waals surface area contributed by atoms with Crippen LogP contribution in [0.2, 0.25) is 0 Å². The van der Waals surface area contributed by atoms with Crippen molar-refractivity contribution in [1.29, 1.82) is 0 Å². The van der Waals surface area contributed by atoms with E-state index in [9.17, 15) is 4.79 Å². The first-order valence-electron chi connectivity index (χ1n) is 6.75. The van der Waals surface area contributed by atoms with E-state index in [-0.39, 0.29) is 17.4 Å². The van der Waals surface area contributed by atoms with Crippen LogP contribution in [-0.2, 0) is 6.42 Å². The SMILES string of the molecule is Nc1c(NCC2Cc3ccccc3O2)cccc1C(=O)O. The maximum absolute atomic E-state index is 11.1. The number of hydrogen-bond donors (Lipinski definition) is 3. The molecule has 1 atom stereocenters.